The van der Waals surface area contributed by atoms with Crippen LogP contribution in [0.4, 0.5) is 31.0 Å². The summed E-state index contributed by atoms with van der Waals surface area (Å²) in [6.07, 6.45) is 1.08. The molecule has 1 amide bonds. The molecule has 0 aliphatic heterocycles. The molecule has 0 aliphatic carbocycles. The van der Waals surface area contributed by atoms with Crippen molar-refractivity contribution in [1.82, 2.24) is 14.7 Å². The van der Waals surface area contributed by atoms with Crippen molar-refractivity contribution in [2.24, 2.45) is 0 Å². The van der Waals surface area contributed by atoms with E-state index in [1.165, 1.54) is 12.1 Å². The Kier molecular flexibility index (Phi) is 8.63. The number of likely N-dealkylation sites (N-methyl/N-ethyl adjacent to an activating group) is 1. The fourth-order valence-electron chi connectivity index (χ4n) is 2.79. The van der Waals surface area contributed by atoms with Gasteiger partial charge in [-0.3, -0.25) is 9.00 Å². The van der Waals surface area contributed by atoms with Crippen LogP contribution in [-0.2, 0) is 11.3 Å². The standard InChI is InChI=1S/C19H19ClF2N6O3S2/c1-2-23-5-6-24-16-7-11(20)3-4-15(16)27-18(29)12-8-14(22)17(9-13(12)21)28(33(30)31)19-25-10-26-32-19/h3-4,7-10,23-24H,2,5-6H2,1H3,(H,27,29)(H,30,31)/p-1. The number of carbonyl (C=O) groups excluding carboxylic acids is 1. The minimum atomic E-state index is -3.00. The van der Waals surface area contributed by atoms with E-state index in [0.717, 1.165) is 12.9 Å². The quantitative estimate of drug-likeness (QED) is 0.278. The smallest absolute Gasteiger partial charge is 0.258 e. The van der Waals surface area contributed by atoms with Crippen LogP contribution in [0, 0.1) is 11.6 Å². The molecule has 0 bridgehead atoms. The monoisotopic (exact) mass is 515 g/mol. The first-order valence-corrected chi connectivity index (χ1v) is 11.7. The molecular formula is C19H18ClF2N6O3S2-. The van der Waals surface area contributed by atoms with Gasteiger partial charge in [0, 0.05) is 35.7 Å². The van der Waals surface area contributed by atoms with Crippen LogP contribution in [0.2, 0.25) is 5.02 Å². The van der Waals surface area contributed by atoms with Gasteiger partial charge in [0.2, 0.25) is 5.13 Å². The van der Waals surface area contributed by atoms with Crippen LogP contribution < -0.4 is 20.3 Å². The Labute approximate surface area is 199 Å². The number of amides is 1. The van der Waals surface area contributed by atoms with E-state index in [4.69, 9.17) is 11.6 Å². The maximum Gasteiger partial charge on any atom is 0.258 e. The highest BCUT2D eigenvalue weighted by atomic mass is 35.5. The predicted octanol–water partition coefficient (Wildman–Crippen LogP) is 3.68. The average molecular weight is 516 g/mol. The molecule has 1 unspecified atom stereocenters. The summed E-state index contributed by atoms with van der Waals surface area (Å²) >= 11 is 3.70. The molecule has 1 heterocycles. The molecule has 0 fully saturated rings. The number of hydrogen-bond donors (Lipinski definition) is 3. The zero-order valence-electron chi connectivity index (χ0n) is 17.1. The second-order valence-corrected chi connectivity index (χ2v) is 8.44. The van der Waals surface area contributed by atoms with E-state index in [9.17, 15) is 22.3 Å². The van der Waals surface area contributed by atoms with Gasteiger partial charge < -0.3 is 20.5 Å². The summed E-state index contributed by atoms with van der Waals surface area (Å²) in [5.41, 5.74) is -0.443. The van der Waals surface area contributed by atoms with Crippen LogP contribution in [0.3, 0.4) is 0 Å². The number of carbonyl (C=O) groups is 1. The number of nitrogens with zero attached hydrogens (tertiary/aromatic N) is 3. The maximum atomic E-state index is 14.8. The largest absolute Gasteiger partial charge is 0.755 e. The molecule has 2 aromatic carbocycles. The van der Waals surface area contributed by atoms with Gasteiger partial charge in [-0.1, -0.05) is 18.5 Å². The SMILES string of the molecule is CCNCCNc1cc(Cl)ccc1NC(=O)c1cc(F)c(N(c2ncns2)S(=O)[O-])cc1F. The Morgan fingerprint density at radius 1 is 1.21 bits per heavy atom. The molecule has 1 aromatic heterocycles. The van der Waals surface area contributed by atoms with E-state index >= 15 is 0 Å². The molecule has 0 aliphatic rings. The molecule has 33 heavy (non-hydrogen) atoms. The van der Waals surface area contributed by atoms with E-state index in [1.807, 2.05) is 6.92 Å². The lowest BCUT2D eigenvalue weighted by Gasteiger charge is -2.23. The molecule has 14 heteroatoms. The summed E-state index contributed by atoms with van der Waals surface area (Å²) in [7, 11) is 0. The maximum absolute atomic E-state index is 14.8. The molecule has 9 nitrogen and oxygen atoms in total. The van der Waals surface area contributed by atoms with E-state index in [-0.39, 0.29) is 5.13 Å². The zero-order chi connectivity index (χ0) is 24.0. The second-order valence-electron chi connectivity index (χ2n) is 6.44. The molecule has 3 rings (SSSR count). The highest BCUT2D eigenvalue weighted by molar-refractivity contribution is 7.81. The normalized spacial score (nSPS) is 11.8. The second kappa shape index (κ2) is 11.4. The number of hydrogen-bond acceptors (Lipinski definition) is 8. The average Bonchev–Trinajstić information content (AvgIpc) is 3.29. The van der Waals surface area contributed by atoms with Crippen molar-refractivity contribution in [1.29, 1.82) is 0 Å². The number of rotatable bonds is 10. The molecule has 3 aromatic rings. The summed E-state index contributed by atoms with van der Waals surface area (Å²) in [5, 5.41) is 8.99. The van der Waals surface area contributed by atoms with Gasteiger partial charge in [0.05, 0.1) is 33.9 Å². The Bertz CT molecular complexity index is 1150. The van der Waals surface area contributed by atoms with Crippen LogP contribution >= 0.6 is 23.1 Å². The van der Waals surface area contributed by atoms with Crippen molar-refractivity contribution < 1.29 is 22.3 Å². The highest BCUT2D eigenvalue weighted by Crippen LogP contribution is 2.32. The first-order chi connectivity index (χ1) is 15.8. The summed E-state index contributed by atoms with van der Waals surface area (Å²) in [6, 6.07) is 5.88. The first kappa shape index (κ1) is 24.9. The minimum absolute atomic E-state index is 0.187. The van der Waals surface area contributed by atoms with Gasteiger partial charge in [0.25, 0.3) is 5.91 Å². The molecule has 0 radical (unpaired) electrons. The number of nitrogens with one attached hydrogen (secondary N) is 3. The van der Waals surface area contributed by atoms with Gasteiger partial charge in [-0.25, -0.2) is 18.1 Å². The van der Waals surface area contributed by atoms with E-state index in [1.54, 1.807) is 6.07 Å². The van der Waals surface area contributed by atoms with Crippen molar-refractivity contribution in [3.63, 3.8) is 0 Å². The minimum Gasteiger partial charge on any atom is -0.755 e. The third kappa shape index (κ3) is 6.21. The molecule has 0 spiro atoms. The Balaban J connectivity index is 1.85. The Morgan fingerprint density at radius 2 is 2.00 bits per heavy atom. The third-order valence-corrected chi connectivity index (χ3v) is 5.94. The molecule has 3 N–H and O–H groups in total. The van der Waals surface area contributed by atoms with Crippen LogP contribution in [0.1, 0.15) is 17.3 Å². The zero-order valence-corrected chi connectivity index (χ0v) is 19.5. The van der Waals surface area contributed by atoms with Crippen molar-refractivity contribution >= 4 is 62.5 Å². The third-order valence-electron chi connectivity index (χ3n) is 4.27. The number of benzene rings is 2. The van der Waals surface area contributed by atoms with Gasteiger partial charge in [-0.2, -0.15) is 4.37 Å². The van der Waals surface area contributed by atoms with E-state index < -0.39 is 40.1 Å². The summed E-state index contributed by atoms with van der Waals surface area (Å²) in [5.74, 6) is -3.19. The molecular weight excluding hydrogens is 498 g/mol. The predicted molar refractivity (Wildman–Crippen MR) is 124 cm³/mol. The van der Waals surface area contributed by atoms with Crippen molar-refractivity contribution in [3.05, 3.63) is 58.9 Å². The van der Waals surface area contributed by atoms with Gasteiger partial charge in [-0.15, -0.1) is 0 Å². The van der Waals surface area contributed by atoms with Crippen LogP contribution in [0.5, 0.6) is 0 Å². The van der Waals surface area contributed by atoms with E-state index in [0.29, 0.717) is 57.5 Å². The Morgan fingerprint density at radius 3 is 2.67 bits per heavy atom. The summed E-state index contributed by atoms with van der Waals surface area (Å²) < 4.78 is 56.8. The van der Waals surface area contributed by atoms with Crippen LogP contribution in [0.15, 0.2) is 36.7 Å². The fourth-order valence-corrected chi connectivity index (χ4v) is 4.18. The molecule has 0 saturated heterocycles. The highest BCUT2D eigenvalue weighted by Gasteiger charge is 2.23. The van der Waals surface area contributed by atoms with Gasteiger partial charge in [-0.05, 0) is 30.8 Å². The summed E-state index contributed by atoms with van der Waals surface area (Å²) in [6.45, 7) is 3.94. The van der Waals surface area contributed by atoms with Gasteiger partial charge in [0.15, 0.2) is 0 Å². The molecule has 1 atom stereocenters. The number of anilines is 4. The lowest BCUT2D eigenvalue weighted by molar-refractivity contribution is 0.102. The molecule has 176 valence electrons. The van der Waals surface area contributed by atoms with Crippen LogP contribution in [-0.4, -0.2) is 43.7 Å². The summed E-state index contributed by atoms with van der Waals surface area (Å²) in [4.78, 5) is 16.4. The van der Waals surface area contributed by atoms with E-state index in [2.05, 4.69) is 25.3 Å². The van der Waals surface area contributed by atoms with Crippen LogP contribution in [0.25, 0.3) is 0 Å². The topological polar surface area (TPSA) is 122 Å². The van der Waals surface area contributed by atoms with Crippen molar-refractivity contribution in [3.8, 4) is 0 Å². The van der Waals surface area contributed by atoms with Crippen molar-refractivity contribution in [2.75, 3.05) is 34.6 Å². The van der Waals surface area contributed by atoms with Gasteiger partial charge >= 0.3 is 0 Å². The number of halogens is 3. The van der Waals surface area contributed by atoms with Gasteiger partial charge in [0.1, 0.15) is 18.0 Å². The first-order valence-electron chi connectivity index (χ1n) is 9.52. The fraction of sp³-hybridized carbons (Fsp3) is 0.211. The Hall–Kier alpha value is -2.71. The lowest BCUT2D eigenvalue weighted by Crippen LogP contribution is -2.23. The van der Waals surface area contributed by atoms with Crippen molar-refractivity contribution in [2.45, 2.75) is 6.92 Å². The number of aromatic nitrogens is 2. The molecule has 0 saturated carbocycles. The lowest BCUT2D eigenvalue weighted by atomic mass is 10.1.